The molecule has 1 fully saturated rings. The van der Waals surface area contributed by atoms with Gasteiger partial charge in [0.2, 0.25) is 5.91 Å². The lowest BCUT2D eigenvalue weighted by atomic mass is 9.97. The molecule has 4 aromatic rings. The van der Waals surface area contributed by atoms with E-state index in [9.17, 15) is 13.6 Å². The number of nitrogens with zero attached hydrogens (tertiary/aromatic N) is 4. The Labute approximate surface area is 205 Å². The molecule has 0 radical (unpaired) electrons. The Bertz CT molecular complexity index is 1360. The Balaban J connectivity index is 1.24. The van der Waals surface area contributed by atoms with Crippen LogP contribution in [0, 0.1) is 17.6 Å². The maximum Gasteiger partial charge on any atom is 0.226 e. The molecule has 3 aromatic heterocycles. The predicted molar refractivity (Wildman–Crippen MR) is 130 cm³/mol. The topological polar surface area (TPSA) is 86.8 Å². The van der Waals surface area contributed by atoms with Crippen LogP contribution in [0.2, 0.25) is 5.02 Å². The standard InChI is InChI=1S/C25H23ClF2N6O/c26-17-9-19-20(12-31-23(19)30-11-17)24-32-13-21(28)25(33-24)29-10-16-2-1-7-34(14-16)22(35)8-15-3-5-18(27)6-4-15/h3-6,9,11-13,16H,1-2,7-8,10,14H2,(H,30,31)(H,29,32,33)/t16-/m1/s1. The van der Waals surface area contributed by atoms with Gasteiger partial charge >= 0.3 is 0 Å². The largest absolute Gasteiger partial charge is 0.367 e. The van der Waals surface area contributed by atoms with Crippen molar-refractivity contribution in [3.63, 3.8) is 0 Å². The molecular formula is C25H23ClF2N6O. The first-order chi connectivity index (χ1) is 17.0. The van der Waals surface area contributed by atoms with E-state index in [-0.39, 0.29) is 29.9 Å². The summed E-state index contributed by atoms with van der Waals surface area (Å²) < 4.78 is 27.6. The van der Waals surface area contributed by atoms with Gasteiger partial charge in [-0.1, -0.05) is 23.7 Å². The number of pyridine rings is 1. The van der Waals surface area contributed by atoms with Gasteiger partial charge in [-0.15, -0.1) is 0 Å². The number of amides is 1. The number of benzene rings is 1. The Hall–Kier alpha value is -3.59. The van der Waals surface area contributed by atoms with Crippen molar-refractivity contribution in [1.82, 2.24) is 24.8 Å². The summed E-state index contributed by atoms with van der Waals surface area (Å²) in [5.41, 5.74) is 2.09. The molecule has 1 amide bonds. The van der Waals surface area contributed by atoms with Crippen LogP contribution in [0.25, 0.3) is 22.4 Å². The lowest BCUT2D eigenvalue weighted by Gasteiger charge is -2.33. The number of carbonyl (C=O) groups excluding carboxylic acids is 1. The number of aromatic nitrogens is 4. The van der Waals surface area contributed by atoms with Gasteiger partial charge in [-0.05, 0) is 42.5 Å². The van der Waals surface area contributed by atoms with Crippen molar-refractivity contribution >= 4 is 34.4 Å². The van der Waals surface area contributed by atoms with E-state index in [2.05, 4.69) is 25.3 Å². The Morgan fingerprint density at radius 3 is 2.86 bits per heavy atom. The summed E-state index contributed by atoms with van der Waals surface area (Å²) in [7, 11) is 0. The average Bonchev–Trinajstić information content (AvgIpc) is 3.28. The normalized spacial score (nSPS) is 16.0. The summed E-state index contributed by atoms with van der Waals surface area (Å²) in [5.74, 6) is -0.267. The number of rotatable bonds is 6. The first-order valence-corrected chi connectivity index (χ1v) is 11.8. The molecule has 4 heterocycles. The number of likely N-dealkylation sites (tertiary alicyclic amines) is 1. The number of nitrogens with one attached hydrogen (secondary N) is 2. The van der Waals surface area contributed by atoms with Gasteiger partial charge in [0.1, 0.15) is 11.5 Å². The maximum atomic E-state index is 14.5. The third-order valence-corrected chi connectivity index (χ3v) is 6.39. The quantitative estimate of drug-likeness (QED) is 0.398. The van der Waals surface area contributed by atoms with E-state index >= 15 is 0 Å². The third-order valence-electron chi connectivity index (χ3n) is 6.18. The lowest BCUT2D eigenvalue weighted by Crippen LogP contribution is -2.42. The van der Waals surface area contributed by atoms with E-state index in [0.717, 1.165) is 30.0 Å². The molecule has 0 aliphatic carbocycles. The Kier molecular flexibility index (Phi) is 6.59. The first-order valence-electron chi connectivity index (χ1n) is 11.4. The second-order valence-corrected chi connectivity index (χ2v) is 9.11. The molecule has 35 heavy (non-hydrogen) atoms. The second-order valence-electron chi connectivity index (χ2n) is 8.67. The SMILES string of the molecule is O=C(Cc1ccc(F)cc1)N1CCC[C@H](CNc2nc(-c3c[nH]c4ncc(Cl)cc34)ncc2F)C1. The molecule has 0 saturated carbocycles. The summed E-state index contributed by atoms with van der Waals surface area (Å²) in [6.07, 6.45) is 6.41. The third kappa shape index (κ3) is 5.24. The van der Waals surface area contributed by atoms with Gasteiger partial charge < -0.3 is 15.2 Å². The van der Waals surface area contributed by atoms with Crippen molar-refractivity contribution < 1.29 is 13.6 Å². The van der Waals surface area contributed by atoms with Crippen molar-refractivity contribution in [1.29, 1.82) is 0 Å². The minimum atomic E-state index is -0.551. The number of carbonyl (C=O) groups is 1. The van der Waals surface area contributed by atoms with Gasteiger partial charge in [0.05, 0.1) is 17.6 Å². The van der Waals surface area contributed by atoms with Crippen LogP contribution < -0.4 is 5.32 Å². The molecule has 0 unspecified atom stereocenters. The molecule has 10 heteroatoms. The van der Waals surface area contributed by atoms with Crippen LogP contribution >= 0.6 is 11.6 Å². The number of fused-ring (bicyclic) bond motifs is 1. The number of anilines is 1. The molecular weight excluding hydrogens is 474 g/mol. The number of H-pyrrole nitrogens is 1. The summed E-state index contributed by atoms with van der Waals surface area (Å²) in [6.45, 7) is 1.72. The number of halogens is 3. The highest BCUT2D eigenvalue weighted by atomic mass is 35.5. The van der Waals surface area contributed by atoms with Crippen LogP contribution in [-0.4, -0.2) is 50.4 Å². The molecule has 7 nitrogen and oxygen atoms in total. The molecule has 5 rings (SSSR count). The van der Waals surface area contributed by atoms with Crippen LogP contribution in [0.5, 0.6) is 0 Å². The van der Waals surface area contributed by atoms with Crippen molar-refractivity contribution in [3.05, 3.63) is 71.1 Å². The summed E-state index contributed by atoms with van der Waals surface area (Å²) in [5, 5.41) is 4.33. The highest BCUT2D eigenvalue weighted by molar-refractivity contribution is 6.31. The minimum Gasteiger partial charge on any atom is -0.367 e. The van der Waals surface area contributed by atoms with E-state index in [1.165, 1.54) is 12.1 Å². The fourth-order valence-corrected chi connectivity index (χ4v) is 4.53. The van der Waals surface area contributed by atoms with Gasteiger partial charge in [0.15, 0.2) is 17.5 Å². The van der Waals surface area contributed by atoms with Gasteiger partial charge in [0.25, 0.3) is 0 Å². The average molecular weight is 497 g/mol. The fourth-order valence-electron chi connectivity index (χ4n) is 4.37. The second kappa shape index (κ2) is 9.95. The van der Waals surface area contributed by atoms with Crippen LogP contribution in [0.15, 0.2) is 48.9 Å². The minimum absolute atomic E-state index is 0.00316. The molecule has 1 atom stereocenters. The highest BCUT2D eigenvalue weighted by Crippen LogP contribution is 2.28. The van der Waals surface area contributed by atoms with E-state index in [1.807, 2.05) is 4.90 Å². The van der Waals surface area contributed by atoms with E-state index < -0.39 is 5.82 Å². The summed E-state index contributed by atoms with van der Waals surface area (Å²) >= 11 is 6.08. The smallest absolute Gasteiger partial charge is 0.226 e. The van der Waals surface area contributed by atoms with E-state index in [4.69, 9.17) is 11.6 Å². The molecule has 180 valence electrons. The van der Waals surface area contributed by atoms with Crippen molar-refractivity contribution in [2.45, 2.75) is 19.3 Å². The predicted octanol–water partition coefficient (Wildman–Crippen LogP) is 4.84. The van der Waals surface area contributed by atoms with Crippen LogP contribution in [0.3, 0.4) is 0 Å². The van der Waals surface area contributed by atoms with Crippen LogP contribution in [0.4, 0.5) is 14.6 Å². The zero-order chi connectivity index (χ0) is 24.4. The monoisotopic (exact) mass is 496 g/mol. The molecule has 1 saturated heterocycles. The highest BCUT2D eigenvalue weighted by Gasteiger charge is 2.24. The van der Waals surface area contributed by atoms with E-state index in [1.54, 1.807) is 30.6 Å². The number of hydrogen-bond acceptors (Lipinski definition) is 5. The molecule has 2 N–H and O–H groups in total. The fraction of sp³-hybridized carbons (Fsp3) is 0.280. The zero-order valence-corrected chi connectivity index (χ0v) is 19.5. The van der Waals surface area contributed by atoms with Crippen LogP contribution in [0.1, 0.15) is 18.4 Å². The number of aromatic amines is 1. The molecule has 0 spiro atoms. The molecule has 1 aliphatic heterocycles. The zero-order valence-electron chi connectivity index (χ0n) is 18.8. The van der Waals surface area contributed by atoms with Crippen LogP contribution in [-0.2, 0) is 11.2 Å². The summed E-state index contributed by atoms with van der Waals surface area (Å²) in [4.78, 5) is 30.4. The van der Waals surface area contributed by atoms with Crippen molar-refractivity contribution in [3.8, 4) is 11.4 Å². The number of piperidine rings is 1. The molecule has 0 bridgehead atoms. The van der Waals surface area contributed by atoms with E-state index in [0.29, 0.717) is 41.7 Å². The van der Waals surface area contributed by atoms with Gasteiger partial charge in [0, 0.05) is 43.0 Å². The number of hydrogen-bond donors (Lipinski definition) is 2. The van der Waals surface area contributed by atoms with Crippen molar-refractivity contribution in [2.75, 3.05) is 25.0 Å². The first kappa shape index (κ1) is 23.2. The maximum absolute atomic E-state index is 14.5. The van der Waals surface area contributed by atoms with Crippen molar-refractivity contribution in [2.24, 2.45) is 5.92 Å². The lowest BCUT2D eigenvalue weighted by molar-refractivity contribution is -0.132. The van der Waals surface area contributed by atoms with Gasteiger partial charge in [-0.25, -0.2) is 23.7 Å². The van der Waals surface area contributed by atoms with Gasteiger partial charge in [-0.2, -0.15) is 0 Å². The molecule has 1 aliphatic rings. The summed E-state index contributed by atoms with van der Waals surface area (Å²) in [6, 6.07) is 7.73. The Morgan fingerprint density at radius 2 is 2.03 bits per heavy atom. The molecule has 1 aromatic carbocycles. The Morgan fingerprint density at radius 1 is 1.20 bits per heavy atom. The van der Waals surface area contributed by atoms with Gasteiger partial charge in [-0.3, -0.25) is 4.79 Å².